The molecular formula is H5BiO3Se. The van der Waals surface area contributed by atoms with Crippen molar-refractivity contribution >= 4 is 40.7 Å². The van der Waals surface area contributed by atoms with Gasteiger partial charge in [0.1, 0.15) is 0 Å². The third-order valence-corrected chi connectivity index (χ3v) is 0. The predicted molar refractivity (Wildman–Crippen MR) is 20.8 cm³/mol. The Hall–Kier alpha value is 1.12. The topological polar surface area (TPSA) is 57.5 Å². The van der Waals surface area contributed by atoms with E-state index in [0.29, 0.717) is 0 Å². The van der Waals surface area contributed by atoms with Crippen LogP contribution < -0.4 is 0 Å². The van der Waals surface area contributed by atoms with Crippen molar-refractivity contribution in [2.24, 2.45) is 0 Å². The van der Waals surface area contributed by atoms with Crippen LogP contribution in [-0.2, 0) is 3.83 Å². The van der Waals surface area contributed by atoms with E-state index in [1.54, 1.807) is 0 Å². The Morgan fingerprint density at radius 3 is 1.40 bits per heavy atom. The van der Waals surface area contributed by atoms with Gasteiger partial charge in [-0.3, -0.25) is 0 Å². The van der Waals surface area contributed by atoms with E-state index in [2.05, 4.69) is 0 Å². The van der Waals surface area contributed by atoms with Gasteiger partial charge in [-0.2, -0.15) is 0 Å². The van der Waals surface area contributed by atoms with Crippen LogP contribution in [0.4, 0.5) is 0 Å². The molecule has 0 unspecified atom stereocenters. The molecule has 0 saturated carbocycles. The van der Waals surface area contributed by atoms with Crippen molar-refractivity contribution in [3.05, 3.63) is 0 Å². The van der Waals surface area contributed by atoms with Gasteiger partial charge in [-0.25, -0.2) is 0 Å². The summed E-state index contributed by atoms with van der Waals surface area (Å²) in [6.45, 7) is 0. The van der Waals surface area contributed by atoms with E-state index >= 15 is 0 Å². The molecule has 0 aliphatic carbocycles. The van der Waals surface area contributed by atoms with Gasteiger partial charge in [-0.1, -0.05) is 0 Å². The molecule has 0 amide bonds. The molecule has 0 bridgehead atoms. The van der Waals surface area contributed by atoms with Crippen LogP contribution in [0.3, 0.4) is 0 Å². The first kappa shape index (κ1) is 9.45. The molecule has 0 fully saturated rings. The summed E-state index contributed by atoms with van der Waals surface area (Å²) in [5.41, 5.74) is 0. The van der Waals surface area contributed by atoms with Gasteiger partial charge in [0.2, 0.25) is 0 Å². The Morgan fingerprint density at radius 2 is 1.40 bits per heavy atom. The van der Waals surface area contributed by atoms with Crippen LogP contribution in [-0.4, -0.2) is 49.1 Å². The van der Waals surface area contributed by atoms with Gasteiger partial charge in [0, 0.05) is 0 Å². The molecule has 0 aliphatic heterocycles. The van der Waals surface area contributed by atoms with Crippen LogP contribution in [0.25, 0.3) is 0 Å². The first-order valence-corrected chi connectivity index (χ1v) is 2.76. The number of hydrogen-bond acceptors (Lipinski definition) is 1. The number of hydrogen-bond donors (Lipinski definition) is 2. The summed E-state index contributed by atoms with van der Waals surface area (Å²) in [4.78, 5) is 0. The fourth-order valence-corrected chi connectivity index (χ4v) is 0. The van der Waals surface area contributed by atoms with Gasteiger partial charge in [-0.15, -0.1) is 0 Å². The summed E-state index contributed by atoms with van der Waals surface area (Å²) in [7, 11) is 0. The molecule has 0 atom stereocenters. The van der Waals surface area contributed by atoms with Crippen LogP contribution in [0.5, 0.6) is 0 Å². The predicted octanol–water partition coefficient (Wildman–Crippen LogP) is -2.80. The molecule has 0 saturated heterocycles. The molecule has 34 valence electrons. The zero-order valence-corrected chi connectivity index (χ0v) is 9.63. The van der Waals surface area contributed by atoms with Crippen molar-refractivity contribution in [3.63, 3.8) is 0 Å². The maximum absolute atomic E-state index is 8.76. The van der Waals surface area contributed by atoms with Gasteiger partial charge < -0.3 is 0 Å². The summed E-state index contributed by atoms with van der Waals surface area (Å²) in [6, 6.07) is 0. The molecule has 5 heteroatoms. The Bertz CT molecular complexity index is 29.9. The number of rotatable bonds is 0. The summed E-state index contributed by atoms with van der Waals surface area (Å²) in [5, 5.41) is 0. The molecule has 0 spiro atoms. The average molecular weight is 341 g/mol. The van der Waals surface area contributed by atoms with Crippen LogP contribution in [0.15, 0.2) is 0 Å². The SMILES string of the molecule is O=[Se](O)O.[BiH3]. The second-order valence-electron chi connectivity index (χ2n) is 0.231. The molecule has 0 aromatic heterocycles. The van der Waals surface area contributed by atoms with E-state index in [9.17, 15) is 0 Å². The quantitative estimate of drug-likeness (QED) is 0.469. The zero-order valence-electron chi connectivity index (χ0n) is 2.42. The molecule has 3 nitrogen and oxygen atoms in total. The monoisotopic (exact) mass is 342 g/mol. The molecule has 0 radical (unpaired) electrons. The van der Waals surface area contributed by atoms with Crippen LogP contribution in [0.2, 0.25) is 0 Å². The fourth-order valence-electron chi connectivity index (χ4n) is 0. The molecule has 0 aromatic carbocycles. The van der Waals surface area contributed by atoms with E-state index in [0.717, 1.165) is 0 Å². The van der Waals surface area contributed by atoms with E-state index in [1.807, 2.05) is 0 Å². The first-order chi connectivity index (χ1) is 1.73. The Morgan fingerprint density at radius 1 is 1.40 bits per heavy atom. The summed E-state index contributed by atoms with van der Waals surface area (Å²) < 4.78 is 23.1. The summed E-state index contributed by atoms with van der Waals surface area (Å²) in [6.07, 6.45) is 0. The van der Waals surface area contributed by atoms with Crippen molar-refractivity contribution in [1.82, 2.24) is 0 Å². The summed E-state index contributed by atoms with van der Waals surface area (Å²) in [5.74, 6) is 0. The zero-order chi connectivity index (χ0) is 3.58. The van der Waals surface area contributed by atoms with Crippen molar-refractivity contribution in [3.8, 4) is 0 Å². The third kappa shape index (κ3) is 39.6. The van der Waals surface area contributed by atoms with Gasteiger partial charge in [0.25, 0.3) is 0 Å². The van der Waals surface area contributed by atoms with Crippen LogP contribution >= 0.6 is 0 Å². The first-order valence-electron chi connectivity index (χ1n) is 0.532. The van der Waals surface area contributed by atoms with Crippen molar-refractivity contribution in [2.45, 2.75) is 0 Å². The average Bonchev–Trinajstić information content (AvgIpc) is 0.811. The second kappa shape index (κ2) is 5.12. The van der Waals surface area contributed by atoms with Gasteiger partial charge >= 0.3 is 52.9 Å². The molecule has 0 aromatic rings. The third-order valence-electron chi connectivity index (χ3n) is 0. The van der Waals surface area contributed by atoms with Gasteiger partial charge in [0.15, 0.2) is 0 Å². The normalized spacial score (nSPS) is 7.00. The van der Waals surface area contributed by atoms with Crippen molar-refractivity contribution < 1.29 is 12.2 Å². The molecular weight excluding hydrogens is 336 g/mol. The molecule has 0 heterocycles. The van der Waals surface area contributed by atoms with Gasteiger partial charge in [-0.05, 0) is 0 Å². The van der Waals surface area contributed by atoms with Crippen molar-refractivity contribution in [2.75, 3.05) is 0 Å². The fraction of sp³-hybridized carbons (Fsp3) is 0. The van der Waals surface area contributed by atoms with E-state index in [-0.39, 0.29) is 26.2 Å². The Kier molecular flexibility index (Phi) is 9.68. The standard InChI is InChI=1S/Bi.H2O3Se.3H/c;1-4(2)3;;;/h;(H2,1,2,3);;;. The molecule has 2 N–H and O–H groups in total. The molecule has 5 heavy (non-hydrogen) atoms. The maximum atomic E-state index is 8.76. The van der Waals surface area contributed by atoms with E-state index < -0.39 is 14.5 Å². The summed E-state index contributed by atoms with van der Waals surface area (Å²) >= 11 is -3.29. The minimum atomic E-state index is -3.29. The van der Waals surface area contributed by atoms with Crippen LogP contribution in [0.1, 0.15) is 0 Å². The van der Waals surface area contributed by atoms with E-state index in [1.165, 1.54) is 0 Å². The Labute approximate surface area is 52.9 Å². The van der Waals surface area contributed by atoms with E-state index in [4.69, 9.17) is 12.2 Å². The minimum absolute atomic E-state index is 0. The molecule has 0 aliphatic rings. The Balaban J connectivity index is 0. The van der Waals surface area contributed by atoms with Crippen molar-refractivity contribution in [1.29, 1.82) is 0 Å². The molecule has 0 rings (SSSR count). The second-order valence-corrected chi connectivity index (χ2v) is 1.20. The van der Waals surface area contributed by atoms with Crippen LogP contribution in [0, 0.1) is 0 Å². The van der Waals surface area contributed by atoms with Gasteiger partial charge in [0.05, 0.1) is 0 Å².